The smallest absolute Gasteiger partial charge is 0.0396 e. The SMILES string of the molecule is C=C1C2=C(CCC=C2)SC1C/C(N)=C\C. The van der Waals surface area contributed by atoms with E-state index in [9.17, 15) is 0 Å². The Morgan fingerprint density at radius 2 is 2.53 bits per heavy atom. The molecule has 1 atom stereocenters. The maximum atomic E-state index is 5.87. The largest absolute Gasteiger partial charge is 0.402 e. The quantitative estimate of drug-likeness (QED) is 0.769. The van der Waals surface area contributed by atoms with Crippen molar-refractivity contribution in [3.05, 3.63) is 46.6 Å². The van der Waals surface area contributed by atoms with E-state index in [1.54, 1.807) is 0 Å². The van der Waals surface area contributed by atoms with Crippen molar-refractivity contribution in [3.63, 3.8) is 0 Å². The zero-order valence-corrected chi connectivity index (χ0v) is 9.94. The van der Waals surface area contributed by atoms with Crippen molar-refractivity contribution in [2.75, 3.05) is 0 Å². The van der Waals surface area contributed by atoms with Crippen molar-refractivity contribution < 1.29 is 0 Å². The Morgan fingerprint density at radius 1 is 1.73 bits per heavy atom. The predicted octanol–water partition coefficient (Wildman–Crippen LogP) is 3.51. The van der Waals surface area contributed by atoms with Crippen LogP contribution in [0.2, 0.25) is 0 Å². The Morgan fingerprint density at radius 3 is 3.20 bits per heavy atom. The first kappa shape index (κ1) is 10.6. The highest BCUT2D eigenvalue weighted by molar-refractivity contribution is 8.04. The fourth-order valence-electron chi connectivity index (χ4n) is 1.96. The highest BCUT2D eigenvalue weighted by atomic mass is 32.2. The Kier molecular flexibility index (Phi) is 3.06. The molecule has 0 bridgehead atoms. The Bertz CT molecular complexity index is 374. The van der Waals surface area contributed by atoms with Crippen molar-refractivity contribution in [2.24, 2.45) is 5.73 Å². The third-order valence-corrected chi connectivity index (χ3v) is 4.38. The molecule has 1 aliphatic carbocycles. The molecular formula is C13H17NS. The second-order valence-electron chi connectivity index (χ2n) is 3.98. The van der Waals surface area contributed by atoms with E-state index < -0.39 is 0 Å². The van der Waals surface area contributed by atoms with Gasteiger partial charge in [0, 0.05) is 17.4 Å². The van der Waals surface area contributed by atoms with Crippen LogP contribution in [0.25, 0.3) is 0 Å². The van der Waals surface area contributed by atoms with Crippen LogP contribution in [-0.4, -0.2) is 5.25 Å². The summed E-state index contributed by atoms with van der Waals surface area (Å²) in [6, 6.07) is 0. The summed E-state index contributed by atoms with van der Waals surface area (Å²) in [5.74, 6) is 0. The molecule has 0 spiro atoms. The molecule has 0 aromatic heterocycles. The van der Waals surface area contributed by atoms with Crippen LogP contribution in [0.3, 0.4) is 0 Å². The molecule has 2 rings (SSSR count). The van der Waals surface area contributed by atoms with E-state index in [0.29, 0.717) is 5.25 Å². The first-order valence-corrected chi connectivity index (χ1v) is 6.26. The van der Waals surface area contributed by atoms with E-state index in [-0.39, 0.29) is 0 Å². The van der Waals surface area contributed by atoms with Gasteiger partial charge in [-0.3, -0.25) is 0 Å². The lowest BCUT2D eigenvalue weighted by Gasteiger charge is -2.11. The molecule has 1 aliphatic heterocycles. The van der Waals surface area contributed by atoms with E-state index in [4.69, 9.17) is 5.73 Å². The van der Waals surface area contributed by atoms with Crippen LogP contribution in [0, 0.1) is 0 Å². The van der Waals surface area contributed by atoms with Crippen LogP contribution < -0.4 is 5.73 Å². The first-order chi connectivity index (χ1) is 7.22. The van der Waals surface area contributed by atoms with E-state index in [0.717, 1.165) is 12.1 Å². The van der Waals surface area contributed by atoms with Gasteiger partial charge in [0.05, 0.1) is 0 Å². The average molecular weight is 219 g/mol. The normalized spacial score (nSPS) is 26.1. The number of hydrogen-bond donors (Lipinski definition) is 1. The van der Waals surface area contributed by atoms with Crippen molar-refractivity contribution in [1.82, 2.24) is 0 Å². The lowest BCUT2D eigenvalue weighted by Crippen LogP contribution is -2.08. The average Bonchev–Trinajstić information content (AvgIpc) is 2.57. The summed E-state index contributed by atoms with van der Waals surface area (Å²) in [7, 11) is 0. The highest BCUT2D eigenvalue weighted by Gasteiger charge is 2.28. The summed E-state index contributed by atoms with van der Waals surface area (Å²) in [6.07, 6.45) is 9.74. The van der Waals surface area contributed by atoms with E-state index >= 15 is 0 Å². The Labute approximate surface area is 95.8 Å². The molecule has 0 radical (unpaired) electrons. The monoisotopic (exact) mass is 219 g/mol. The third-order valence-electron chi connectivity index (χ3n) is 2.93. The minimum Gasteiger partial charge on any atom is -0.402 e. The van der Waals surface area contributed by atoms with Gasteiger partial charge in [0.1, 0.15) is 0 Å². The van der Waals surface area contributed by atoms with Gasteiger partial charge in [-0.1, -0.05) is 24.8 Å². The zero-order valence-electron chi connectivity index (χ0n) is 9.12. The van der Waals surface area contributed by atoms with E-state index in [2.05, 4.69) is 18.7 Å². The lowest BCUT2D eigenvalue weighted by molar-refractivity contribution is 0.948. The molecule has 0 fully saturated rings. The summed E-state index contributed by atoms with van der Waals surface area (Å²) in [6.45, 7) is 6.19. The fourth-order valence-corrected chi connectivity index (χ4v) is 3.42. The first-order valence-electron chi connectivity index (χ1n) is 5.38. The second kappa shape index (κ2) is 4.31. The minimum atomic E-state index is 0.467. The maximum absolute atomic E-state index is 5.87. The molecular weight excluding hydrogens is 202 g/mol. The second-order valence-corrected chi connectivity index (χ2v) is 5.27. The van der Waals surface area contributed by atoms with Crippen LogP contribution in [0.4, 0.5) is 0 Å². The minimum absolute atomic E-state index is 0.467. The summed E-state index contributed by atoms with van der Waals surface area (Å²) in [4.78, 5) is 1.51. The third kappa shape index (κ3) is 2.05. The molecule has 2 aliphatic rings. The van der Waals surface area contributed by atoms with Crippen LogP contribution in [0.15, 0.2) is 46.6 Å². The van der Waals surface area contributed by atoms with Gasteiger partial charge >= 0.3 is 0 Å². The van der Waals surface area contributed by atoms with Crippen LogP contribution >= 0.6 is 11.8 Å². The van der Waals surface area contributed by atoms with Crippen LogP contribution in [0.5, 0.6) is 0 Å². The Balaban J connectivity index is 2.10. The van der Waals surface area contributed by atoms with Crippen LogP contribution in [-0.2, 0) is 0 Å². The molecule has 0 aromatic rings. The predicted molar refractivity (Wildman–Crippen MR) is 68.5 cm³/mol. The number of nitrogens with two attached hydrogens (primary N) is 1. The van der Waals surface area contributed by atoms with Crippen molar-refractivity contribution in [3.8, 4) is 0 Å². The van der Waals surface area contributed by atoms with Gasteiger partial charge in [-0.15, -0.1) is 11.8 Å². The standard InChI is InChI=1S/C13H17NS/c1-3-10(14)8-13-9(2)11-6-4-5-7-12(11)15-13/h3-4,6,13H,2,5,7-8,14H2,1H3/b10-3+. The van der Waals surface area contributed by atoms with Crippen molar-refractivity contribution in [2.45, 2.75) is 31.4 Å². The molecule has 15 heavy (non-hydrogen) atoms. The van der Waals surface area contributed by atoms with Gasteiger partial charge in [-0.05, 0) is 35.8 Å². The summed E-state index contributed by atoms with van der Waals surface area (Å²) >= 11 is 1.95. The van der Waals surface area contributed by atoms with E-state index in [1.165, 1.54) is 28.9 Å². The number of rotatable bonds is 2. The number of allylic oxidation sites excluding steroid dienone is 6. The fraction of sp³-hybridized carbons (Fsp3) is 0.385. The van der Waals surface area contributed by atoms with Gasteiger partial charge in [0.25, 0.3) is 0 Å². The van der Waals surface area contributed by atoms with Gasteiger partial charge < -0.3 is 5.73 Å². The molecule has 1 nitrogen and oxygen atoms in total. The van der Waals surface area contributed by atoms with Crippen LogP contribution in [0.1, 0.15) is 26.2 Å². The van der Waals surface area contributed by atoms with Crippen molar-refractivity contribution in [1.29, 1.82) is 0 Å². The van der Waals surface area contributed by atoms with Gasteiger partial charge in [0.15, 0.2) is 0 Å². The molecule has 0 saturated heterocycles. The van der Waals surface area contributed by atoms with Gasteiger partial charge in [-0.2, -0.15) is 0 Å². The summed E-state index contributed by atoms with van der Waals surface area (Å²) < 4.78 is 0. The summed E-state index contributed by atoms with van der Waals surface area (Å²) in [5, 5.41) is 0.467. The van der Waals surface area contributed by atoms with E-state index in [1.807, 2.05) is 24.8 Å². The molecule has 0 amide bonds. The Hall–Kier alpha value is -0.890. The summed E-state index contributed by atoms with van der Waals surface area (Å²) in [5.41, 5.74) is 9.48. The lowest BCUT2D eigenvalue weighted by atomic mass is 9.97. The number of hydrogen-bond acceptors (Lipinski definition) is 2. The molecule has 1 heterocycles. The maximum Gasteiger partial charge on any atom is 0.0396 e. The molecule has 80 valence electrons. The van der Waals surface area contributed by atoms with Gasteiger partial charge in [0.2, 0.25) is 0 Å². The number of thioether (sulfide) groups is 1. The molecule has 2 N–H and O–H groups in total. The molecule has 0 aromatic carbocycles. The van der Waals surface area contributed by atoms with Crippen molar-refractivity contribution >= 4 is 11.8 Å². The topological polar surface area (TPSA) is 26.0 Å². The highest BCUT2D eigenvalue weighted by Crippen LogP contribution is 2.47. The zero-order chi connectivity index (χ0) is 10.8. The molecule has 2 heteroatoms. The van der Waals surface area contributed by atoms with Gasteiger partial charge in [-0.25, -0.2) is 0 Å². The molecule has 1 unspecified atom stereocenters. The molecule has 0 saturated carbocycles.